The third-order valence-corrected chi connectivity index (χ3v) is 0. The fraction of sp³-hybridized carbons (Fsp3) is 1.00. The minimum Gasteiger partial charge on any atom is -0.412 e. The molecule has 0 aromatic carbocycles. The second kappa shape index (κ2) is 4.09. The quantitative estimate of drug-likeness (QED) is 0.431. The van der Waals surface area contributed by atoms with Crippen LogP contribution in [0.2, 0.25) is 0 Å². The average Bonchev–Trinajstić information content (AvgIpc) is 0.722. The summed E-state index contributed by atoms with van der Waals surface area (Å²) in [5, 5.41) is 0. The summed E-state index contributed by atoms with van der Waals surface area (Å²) in [4.78, 5) is 0. The van der Waals surface area contributed by atoms with E-state index in [1.165, 1.54) is 0 Å². The molecule has 0 rings (SSSR count). The molecule has 48 valence electrons. The molecule has 0 radical (unpaired) electrons. The number of hydrogen-bond donors (Lipinski definition) is 0. The molecule has 0 bridgehead atoms. The summed E-state index contributed by atoms with van der Waals surface area (Å²) in [5.41, 5.74) is 0.500. The Morgan fingerprint density at radius 2 is 0.714 bits per heavy atom. The molecule has 0 heterocycles. The van der Waals surface area contributed by atoms with Gasteiger partial charge in [-0.05, 0) is 5.41 Å². The van der Waals surface area contributed by atoms with Crippen LogP contribution in [-0.4, -0.2) is 11.0 Å². The van der Waals surface area contributed by atoms with Crippen molar-refractivity contribution in [3.8, 4) is 0 Å². The lowest BCUT2D eigenvalue weighted by atomic mass is 10.0. The molecule has 0 aromatic heterocycles. The van der Waals surface area contributed by atoms with Crippen molar-refractivity contribution >= 4 is 0 Å². The largest absolute Gasteiger partial charge is 0.412 e. The number of rotatable bonds is 0. The molecule has 4 N–H and O–H groups in total. The molecule has 0 fully saturated rings. The lowest BCUT2D eigenvalue weighted by Crippen LogP contribution is -1.93. The molecule has 0 aliphatic rings. The Bertz CT molecular complexity index is 21.6. The molecule has 0 aliphatic heterocycles. The van der Waals surface area contributed by atoms with Crippen LogP contribution >= 0.6 is 0 Å². The third-order valence-electron chi connectivity index (χ3n) is 0. The van der Waals surface area contributed by atoms with Crippen molar-refractivity contribution in [1.82, 2.24) is 0 Å². The van der Waals surface area contributed by atoms with Crippen LogP contribution in [0.15, 0.2) is 0 Å². The predicted octanol–water partition coefficient (Wildman–Crippen LogP) is 0.403. The van der Waals surface area contributed by atoms with Crippen LogP contribution in [0.1, 0.15) is 27.7 Å². The summed E-state index contributed by atoms with van der Waals surface area (Å²) in [6.07, 6.45) is 0. The maximum absolute atomic E-state index is 2.19. The molecular weight excluding hydrogens is 92.1 g/mol. The zero-order chi connectivity index (χ0) is 4.50. The van der Waals surface area contributed by atoms with Crippen LogP contribution in [0.5, 0.6) is 0 Å². The molecule has 0 aliphatic carbocycles. The van der Waals surface area contributed by atoms with Gasteiger partial charge in [-0.25, -0.2) is 0 Å². The van der Waals surface area contributed by atoms with Crippen LogP contribution in [0.3, 0.4) is 0 Å². The lowest BCUT2D eigenvalue weighted by molar-refractivity contribution is 0.469. The molecule has 0 aromatic rings. The van der Waals surface area contributed by atoms with E-state index in [-0.39, 0.29) is 11.0 Å². The Morgan fingerprint density at radius 1 is 0.714 bits per heavy atom. The first kappa shape index (κ1) is 15.8. The topological polar surface area (TPSA) is 63.0 Å². The molecule has 7 heavy (non-hydrogen) atoms. The van der Waals surface area contributed by atoms with Crippen molar-refractivity contribution in [3.63, 3.8) is 0 Å². The van der Waals surface area contributed by atoms with Crippen molar-refractivity contribution in [2.24, 2.45) is 5.41 Å². The normalized spacial score (nSPS) is 8.57. The Hall–Kier alpha value is -0.0800. The van der Waals surface area contributed by atoms with Crippen molar-refractivity contribution in [1.29, 1.82) is 0 Å². The van der Waals surface area contributed by atoms with E-state index in [1.807, 2.05) is 0 Å². The summed E-state index contributed by atoms with van der Waals surface area (Å²) < 4.78 is 0. The van der Waals surface area contributed by atoms with Crippen LogP contribution in [-0.2, 0) is 0 Å². The first-order valence-corrected chi connectivity index (χ1v) is 2.00. The van der Waals surface area contributed by atoms with Crippen LogP contribution in [0.4, 0.5) is 0 Å². The minimum atomic E-state index is 0. The van der Waals surface area contributed by atoms with Gasteiger partial charge in [-0.1, -0.05) is 27.7 Å². The lowest BCUT2D eigenvalue weighted by Gasteiger charge is -2.05. The van der Waals surface area contributed by atoms with E-state index in [9.17, 15) is 0 Å². The van der Waals surface area contributed by atoms with Crippen molar-refractivity contribution in [2.45, 2.75) is 27.7 Å². The Kier molecular flexibility index (Phi) is 9.22. The maximum atomic E-state index is 2.19. The fourth-order valence-corrected chi connectivity index (χ4v) is 0. The third kappa shape index (κ3) is 14200. The SMILES string of the molecule is CC(C)(C)C.O.O. The summed E-state index contributed by atoms with van der Waals surface area (Å²) in [6, 6.07) is 0. The average molecular weight is 108 g/mol. The van der Waals surface area contributed by atoms with Gasteiger partial charge in [-0.2, -0.15) is 0 Å². The van der Waals surface area contributed by atoms with Crippen molar-refractivity contribution < 1.29 is 11.0 Å². The van der Waals surface area contributed by atoms with Gasteiger partial charge in [0, 0.05) is 0 Å². The molecule has 0 amide bonds. The smallest absolute Gasteiger partial charge is 0.0411 e. The molecule has 0 spiro atoms. The Labute approximate surface area is 45.2 Å². The first-order chi connectivity index (χ1) is 2.00. The van der Waals surface area contributed by atoms with Crippen LogP contribution in [0.25, 0.3) is 0 Å². The van der Waals surface area contributed by atoms with Gasteiger partial charge in [0.15, 0.2) is 0 Å². The summed E-state index contributed by atoms with van der Waals surface area (Å²) in [7, 11) is 0. The molecule has 2 nitrogen and oxygen atoms in total. The van der Waals surface area contributed by atoms with Gasteiger partial charge in [0.1, 0.15) is 0 Å². The Balaban J connectivity index is -0.0000000800. The van der Waals surface area contributed by atoms with E-state index in [0.717, 1.165) is 0 Å². The van der Waals surface area contributed by atoms with Gasteiger partial charge in [-0.3, -0.25) is 0 Å². The zero-order valence-electron chi connectivity index (χ0n) is 5.50. The molecule has 0 unspecified atom stereocenters. The standard InChI is InChI=1S/C5H12.2H2O/c1-5(2,3)4;;/h1-4H3;2*1H2. The summed E-state index contributed by atoms with van der Waals surface area (Å²) in [5.74, 6) is 0. The molecule has 2 heteroatoms. The second-order valence-electron chi connectivity index (χ2n) is 3.00. The van der Waals surface area contributed by atoms with E-state index in [0.29, 0.717) is 5.41 Å². The monoisotopic (exact) mass is 108 g/mol. The number of hydrogen-bond acceptors (Lipinski definition) is 0. The second-order valence-corrected chi connectivity index (χ2v) is 3.00. The Morgan fingerprint density at radius 3 is 0.714 bits per heavy atom. The van der Waals surface area contributed by atoms with Gasteiger partial charge in [0.25, 0.3) is 0 Å². The molecule has 0 saturated heterocycles. The summed E-state index contributed by atoms with van der Waals surface area (Å²) in [6.45, 7) is 8.75. The van der Waals surface area contributed by atoms with E-state index < -0.39 is 0 Å². The van der Waals surface area contributed by atoms with Crippen molar-refractivity contribution in [2.75, 3.05) is 0 Å². The fourth-order valence-electron chi connectivity index (χ4n) is 0. The highest BCUT2D eigenvalue weighted by atomic mass is 16.0. The minimum absolute atomic E-state index is 0. The van der Waals surface area contributed by atoms with E-state index in [1.54, 1.807) is 0 Å². The molecule has 0 saturated carbocycles. The highest BCUT2D eigenvalue weighted by Crippen LogP contribution is 2.07. The first-order valence-electron chi connectivity index (χ1n) is 2.00. The van der Waals surface area contributed by atoms with E-state index >= 15 is 0 Å². The van der Waals surface area contributed by atoms with E-state index in [4.69, 9.17) is 0 Å². The van der Waals surface area contributed by atoms with Crippen LogP contribution in [0, 0.1) is 5.41 Å². The molecular formula is C5H16O2. The van der Waals surface area contributed by atoms with Crippen molar-refractivity contribution in [3.05, 3.63) is 0 Å². The predicted molar refractivity (Wildman–Crippen MR) is 32.4 cm³/mol. The van der Waals surface area contributed by atoms with Gasteiger partial charge in [0.2, 0.25) is 0 Å². The van der Waals surface area contributed by atoms with Crippen LogP contribution < -0.4 is 0 Å². The van der Waals surface area contributed by atoms with Gasteiger partial charge < -0.3 is 11.0 Å². The van der Waals surface area contributed by atoms with Gasteiger partial charge in [0.05, 0.1) is 0 Å². The van der Waals surface area contributed by atoms with Gasteiger partial charge >= 0.3 is 0 Å². The summed E-state index contributed by atoms with van der Waals surface area (Å²) >= 11 is 0. The highest BCUT2D eigenvalue weighted by Gasteiger charge is 1.95. The van der Waals surface area contributed by atoms with E-state index in [2.05, 4.69) is 27.7 Å². The van der Waals surface area contributed by atoms with Gasteiger partial charge in [-0.15, -0.1) is 0 Å². The highest BCUT2D eigenvalue weighted by molar-refractivity contribution is 4.47. The zero-order valence-corrected chi connectivity index (χ0v) is 5.50. The molecule has 0 atom stereocenters. The maximum Gasteiger partial charge on any atom is -0.0411 e.